The van der Waals surface area contributed by atoms with Crippen LogP contribution < -0.4 is 24.0 Å². The number of fused-ring (bicyclic) bond motifs is 1. The molecule has 0 amide bonds. The number of aromatic nitrogens is 2. The molecule has 0 radical (unpaired) electrons. The third-order valence-electron chi connectivity index (χ3n) is 2.58. The fourth-order valence-corrected chi connectivity index (χ4v) is 1.75. The molecule has 0 bridgehead atoms. The van der Waals surface area contributed by atoms with E-state index in [1.54, 1.807) is 24.5 Å². The summed E-state index contributed by atoms with van der Waals surface area (Å²) in [4.78, 5) is 19.0. The van der Waals surface area contributed by atoms with Gasteiger partial charge in [-0.1, -0.05) is 0 Å². The summed E-state index contributed by atoms with van der Waals surface area (Å²) in [7, 11) is 0. The molecule has 88 valence electrons. The molecule has 0 atom stereocenters. The number of hydrogen-bond donors (Lipinski definition) is 0. The minimum atomic E-state index is -1.28. The zero-order chi connectivity index (χ0) is 12.5. The number of carbonyl (C=O) groups is 1. The molecular weight excluding hydrogens is 239 g/mol. The number of furan rings is 1. The minimum Gasteiger partial charge on any atom is -0.545 e. The second-order valence-corrected chi connectivity index (χ2v) is 3.71. The molecule has 0 unspecified atom stereocenters. The van der Waals surface area contributed by atoms with E-state index in [1.807, 2.05) is 6.07 Å². The Labute approximate surface area is 120 Å². The van der Waals surface area contributed by atoms with Crippen molar-refractivity contribution in [1.29, 1.82) is 0 Å². The first-order valence-corrected chi connectivity index (χ1v) is 5.26. The van der Waals surface area contributed by atoms with Gasteiger partial charge in [-0.3, -0.25) is 9.97 Å². The molecule has 6 heteroatoms. The zero-order valence-electron chi connectivity index (χ0n) is 10.2. The van der Waals surface area contributed by atoms with Gasteiger partial charge in [-0.2, -0.15) is 0 Å². The van der Waals surface area contributed by atoms with Crippen molar-refractivity contribution in [2.24, 2.45) is 0 Å². The van der Waals surface area contributed by atoms with Crippen LogP contribution in [0.15, 0.2) is 47.3 Å². The largest absolute Gasteiger partial charge is 1.00 e. The third-order valence-corrected chi connectivity index (χ3v) is 2.58. The summed E-state index contributed by atoms with van der Waals surface area (Å²) in [6.07, 6.45) is 4.70. The van der Waals surface area contributed by atoms with Gasteiger partial charge in [0.25, 0.3) is 0 Å². The van der Waals surface area contributed by atoms with E-state index in [4.69, 9.17) is 4.42 Å². The fraction of sp³-hybridized carbons (Fsp3) is 0. The van der Waals surface area contributed by atoms with Crippen LogP contribution in [0.3, 0.4) is 0 Å². The Morgan fingerprint density at radius 1 is 1.26 bits per heavy atom. The number of aromatic carboxylic acids is 1. The maximum atomic E-state index is 10.9. The van der Waals surface area contributed by atoms with Gasteiger partial charge in [0.2, 0.25) is 0 Å². The maximum Gasteiger partial charge on any atom is 1.00 e. The van der Waals surface area contributed by atoms with Gasteiger partial charge in [-0.15, -0.1) is 0 Å². The van der Waals surface area contributed by atoms with E-state index in [0.717, 1.165) is 5.56 Å². The van der Waals surface area contributed by atoms with Gasteiger partial charge in [-0.25, -0.2) is 0 Å². The summed E-state index contributed by atoms with van der Waals surface area (Å²) < 4.78 is 5.52. The fourth-order valence-electron chi connectivity index (χ4n) is 1.75. The van der Waals surface area contributed by atoms with Crippen LogP contribution in [0.25, 0.3) is 22.4 Å². The Bertz CT molecular complexity index is 725. The van der Waals surface area contributed by atoms with Crippen molar-refractivity contribution in [3.8, 4) is 11.3 Å². The molecule has 5 nitrogen and oxygen atoms in total. The van der Waals surface area contributed by atoms with E-state index in [9.17, 15) is 9.90 Å². The van der Waals surface area contributed by atoms with Gasteiger partial charge in [0.05, 0.1) is 5.97 Å². The average Bonchev–Trinajstić information content (AvgIpc) is 2.83. The van der Waals surface area contributed by atoms with Crippen molar-refractivity contribution in [2.45, 2.75) is 0 Å². The first-order chi connectivity index (χ1) is 8.75. The molecule has 0 saturated heterocycles. The molecule has 3 heterocycles. The standard InChI is InChI=1S/C13H8N2O3.Li/c16-13(17)9-3-5-15-10-6-11(18-12(9)10)8-2-1-4-14-7-8;/h1-7H,(H,16,17);/q;+1/p-1. The number of carboxylic acids is 1. The molecule has 3 aromatic rings. The average molecular weight is 246 g/mol. The van der Waals surface area contributed by atoms with Crippen LogP contribution in [0, 0.1) is 0 Å². The number of nitrogens with zero attached hydrogens (tertiary/aromatic N) is 2. The van der Waals surface area contributed by atoms with Gasteiger partial charge >= 0.3 is 18.9 Å². The van der Waals surface area contributed by atoms with Gasteiger partial charge in [0.1, 0.15) is 11.3 Å². The van der Waals surface area contributed by atoms with Crippen molar-refractivity contribution in [3.05, 3.63) is 48.4 Å². The zero-order valence-corrected chi connectivity index (χ0v) is 10.2. The van der Waals surface area contributed by atoms with Crippen LogP contribution in [-0.4, -0.2) is 15.9 Å². The van der Waals surface area contributed by atoms with Gasteiger partial charge in [-0.05, 0) is 18.2 Å². The van der Waals surface area contributed by atoms with Gasteiger partial charge in [0, 0.05) is 35.8 Å². The number of carbonyl (C=O) groups excluding carboxylic acids is 1. The van der Waals surface area contributed by atoms with Crippen LogP contribution >= 0.6 is 0 Å². The third kappa shape index (κ3) is 2.39. The molecule has 0 aliphatic heterocycles. The van der Waals surface area contributed by atoms with Crippen LogP contribution in [0.1, 0.15) is 10.4 Å². The number of pyridine rings is 2. The van der Waals surface area contributed by atoms with Gasteiger partial charge < -0.3 is 14.3 Å². The van der Waals surface area contributed by atoms with E-state index in [-0.39, 0.29) is 30.0 Å². The molecule has 0 saturated carbocycles. The quantitative estimate of drug-likeness (QED) is 0.501. The monoisotopic (exact) mass is 246 g/mol. The summed E-state index contributed by atoms with van der Waals surface area (Å²) in [6, 6.07) is 6.63. The van der Waals surface area contributed by atoms with Crippen molar-refractivity contribution in [3.63, 3.8) is 0 Å². The summed E-state index contributed by atoms with van der Waals surface area (Å²) >= 11 is 0. The van der Waals surface area contributed by atoms with Gasteiger partial charge in [0.15, 0.2) is 5.58 Å². The molecule has 0 aliphatic carbocycles. The molecule has 0 aliphatic rings. The molecule has 3 aromatic heterocycles. The first-order valence-electron chi connectivity index (χ1n) is 5.26. The first kappa shape index (κ1) is 13.3. The van der Waals surface area contributed by atoms with Crippen molar-refractivity contribution >= 4 is 17.1 Å². The Morgan fingerprint density at radius 3 is 2.79 bits per heavy atom. The van der Waals surface area contributed by atoms with E-state index in [1.165, 1.54) is 12.3 Å². The molecule has 0 aromatic carbocycles. The topological polar surface area (TPSA) is 79.0 Å². The smallest absolute Gasteiger partial charge is 0.545 e. The SMILES string of the molecule is O=C([O-])c1ccnc2cc(-c3cccnc3)oc12.[Li+]. The Hall–Kier alpha value is -2.09. The molecule has 0 fully saturated rings. The van der Waals surface area contributed by atoms with Crippen LogP contribution in [0.5, 0.6) is 0 Å². The van der Waals surface area contributed by atoms with Crippen LogP contribution in [-0.2, 0) is 0 Å². The van der Waals surface area contributed by atoms with Crippen LogP contribution in [0.2, 0.25) is 0 Å². The van der Waals surface area contributed by atoms with E-state index in [2.05, 4.69) is 9.97 Å². The summed E-state index contributed by atoms with van der Waals surface area (Å²) in [5.41, 5.74) is 1.46. The Balaban J connectivity index is 0.00000133. The molecule has 19 heavy (non-hydrogen) atoms. The van der Waals surface area contributed by atoms with E-state index < -0.39 is 5.97 Å². The molecular formula is C13H7LiN2O3. The Morgan fingerprint density at radius 2 is 2.11 bits per heavy atom. The molecule has 0 spiro atoms. The predicted molar refractivity (Wildman–Crippen MR) is 61.6 cm³/mol. The Kier molecular flexibility index (Phi) is 3.70. The second-order valence-electron chi connectivity index (χ2n) is 3.71. The number of rotatable bonds is 2. The maximum absolute atomic E-state index is 10.9. The minimum absolute atomic E-state index is 0. The molecule has 3 rings (SSSR count). The second kappa shape index (κ2) is 5.27. The van der Waals surface area contributed by atoms with Crippen molar-refractivity contribution < 1.29 is 33.2 Å². The molecule has 0 N–H and O–H groups in total. The summed E-state index contributed by atoms with van der Waals surface area (Å²) in [5.74, 6) is -0.756. The van der Waals surface area contributed by atoms with Crippen molar-refractivity contribution in [2.75, 3.05) is 0 Å². The number of hydrogen-bond acceptors (Lipinski definition) is 5. The summed E-state index contributed by atoms with van der Waals surface area (Å²) in [5, 5.41) is 10.9. The van der Waals surface area contributed by atoms with E-state index >= 15 is 0 Å². The normalized spacial score (nSPS) is 10.1. The summed E-state index contributed by atoms with van der Waals surface area (Å²) in [6.45, 7) is 0. The van der Waals surface area contributed by atoms with E-state index in [0.29, 0.717) is 11.3 Å². The van der Waals surface area contributed by atoms with Crippen LogP contribution in [0.4, 0.5) is 0 Å². The predicted octanol–water partition coefficient (Wildman–Crippen LogP) is -1.74. The van der Waals surface area contributed by atoms with Crippen molar-refractivity contribution in [1.82, 2.24) is 9.97 Å². The number of carboxylic acid groups (broad SMARTS) is 1.